The van der Waals surface area contributed by atoms with Crippen LogP contribution in [0.3, 0.4) is 0 Å². The van der Waals surface area contributed by atoms with Gasteiger partial charge in [0, 0.05) is 11.6 Å². The van der Waals surface area contributed by atoms with E-state index in [0.29, 0.717) is 12.5 Å². The Kier molecular flexibility index (Phi) is 3.65. The van der Waals surface area contributed by atoms with Crippen molar-refractivity contribution in [3.63, 3.8) is 0 Å². The largest absolute Gasteiger partial charge is 0.492 e. The van der Waals surface area contributed by atoms with E-state index in [1.807, 2.05) is 19.2 Å². The second-order valence-corrected chi connectivity index (χ2v) is 5.01. The molecule has 2 heterocycles. The lowest BCUT2D eigenvalue weighted by molar-refractivity contribution is 0.343. The van der Waals surface area contributed by atoms with Crippen LogP contribution in [0.2, 0.25) is 0 Å². The molecule has 3 rings (SSSR count). The van der Waals surface area contributed by atoms with Gasteiger partial charge < -0.3 is 10.1 Å². The maximum absolute atomic E-state index is 5.69. The number of benzene rings is 1. The second-order valence-electron chi connectivity index (χ2n) is 5.01. The molecule has 1 aliphatic heterocycles. The number of pyridine rings is 1. The highest BCUT2D eigenvalue weighted by molar-refractivity contribution is 5.87. The van der Waals surface area contributed by atoms with Gasteiger partial charge in [-0.1, -0.05) is 12.1 Å². The molecule has 19 heavy (non-hydrogen) atoms. The minimum absolute atomic E-state index is 0.642. The Hall–Kier alpha value is -1.61. The lowest BCUT2D eigenvalue weighted by Crippen LogP contribution is -2.26. The summed E-state index contributed by atoms with van der Waals surface area (Å²) in [6, 6.07) is 8.49. The van der Waals surface area contributed by atoms with Crippen LogP contribution in [0, 0.1) is 0 Å². The molecule has 0 atom stereocenters. The van der Waals surface area contributed by atoms with Crippen molar-refractivity contribution in [2.45, 2.75) is 25.7 Å². The first-order chi connectivity index (χ1) is 9.40. The van der Waals surface area contributed by atoms with Crippen LogP contribution in [0.25, 0.3) is 10.9 Å². The van der Waals surface area contributed by atoms with E-state index < -0.39 is 0 Å². The summed E-state index contributed by atoms with van der Waals surface area (Å²) in [6.07, 6.45) is 4.26. The number of aromatic nitrogens is 1. The number of nitrogens with one attached hydrogen (secondary N) is 1. The van der Waals surface area contributed by atoms with E-state index in [2.05, 4.69) is 28.5 Å². The van der Waals surface area contributed by atoms with Crippen molar-refractivity contribution >= 4 is 10.9 Å². The summed E-state index contributed by atoms with van der Waals surface area (Å²) in [7, 11) is 0. The van der Waals surface area contributed by atoms with Gasteiger partial charge in [-0.2, -0.15) is 0 Å². The van der Waals surface area contributed by atoms with Gasteiger partial charge in [0.05, 0.1) is 6.61 Å². The molecule has 3 nitrogen and oxygen atoms in total. The highest BCUT2D eigenvalue weighted by Gasteiger charge is 2.18. The van der Waals surface area contributed by atoms with Gasteiger partial charge in [0.15, 0.2) is 0 Å². The van der Waals surface area contributed by atoms with E-state index in [1.165, 1.54) is 23.8 Å². The summed E-state index contributed by atoms with van der Waals surface area (Å²) >= 11 is 0. The van der Waals surface area contributed by atoms with Crippen molar-refractivity contribution in [2.75, 3.05) is 19.7 Å². The summed E-state index contributed by atoms with van der Waals surface area (Å²) in [5, 5.41) is 4.67. The number of hydrogen-bond donors (Lipinski definition) is 1. The number of piperidine rings is 1. The average molecular weight is 256 g/mol. The highest BCUT2D eigenvalue weighted by Crippen LogP contribution is 2.34. The van der Waals surface area contributed by atoms with E-state index in [0.717, 1.165) is 24.4 Å². The third kappa shape index (κ3) is 2.43. The zero-order valence-corrected chi connectivity index (χ0v) is 11.4. The summed E-state index contributed by atoms with van der Waals surface area (Å²) in [5.41, 5.74) is 2.42. The first-order valence-corrected chi connectivity index (χ1v) is 7.11. The van der Waals surface area contributed by atoms with Crippen molar-refractivity contribution in [1.29, 1.82) is 0 Å². The smallest absolute Gasteiger partial charge is 0.145 e. The number of ether oxygens (including phenoxy) is 1. The minimum atomic E-state index is 0.642. The molecule has 0 unspecified atom stereocenters. The van der Waals surface area contributed by atoms with Crippen LogP contribution < -0.4 is 10.1 Å². The van der Waals surface area contributed by atoms with Crippen LogP contribution in [0.5, 0.6) is 5.75 Å². The Labute approximate surface area is 114 Å². The van der Waals surface area contributed by atoms with E-state index >= 15 is 0 Å². The molecule has 1 aromatic heterocycles. The van der Waals surface area contributed by atoms with Gasteiger partial charge in [-0.05, 0) is 56.5 Å². The van der Waals surface area contributed by atoms with Gasteiger partial charge in [0.2, 0.25) is 0 Å². The molecule has 0 saturated carbocycles. The molecule has 1 aliphatic rings. The number of rotatable bonds is 3. The fourth-order valence-electron chi connectivity index (χ4n) is 2.93. The zero-order chi connectivity index (χ0) is 13.1. The van der Waals surface area contributed by atoms with Crippen LogP contribution in [0.15, 0.2) is 30.5 Å². The van der Waals surface area contributed by atoms with Gasteiger partial charge in [-0.3, -0.25) is 4.98 Å². The first kappa shape index (κ1) is 12.4. The van der Waals surface area contributed by atoms with Crippen LogP contribution in [-0.2, 0) is 0 Å². The molecular weight excluding hydrogens is 236 g/mol. The third-order valence-electron chi connectivity index (χ3n) is 3.85. The zero-order valence-electron chi connectivity index (χ0n) is 11.4. The monoisotopic (exact) mass is 256 g/mol. The molecule has 1 saturated heterocycles. The molecule has 0 spiro atoms. The van der Waals surface area contributed by atoms with Gasteiger partial charge in [-0.15, -0.1) is 0 Å². The molecule has 1 fully saturated rings. The number of fused-ring (bicyclic) bond motifs is 1. The third-order valence-corrected chi connectivity index (χ3v) is 3.85. The average Bonchev–Trinajstić information content (AvgIpc) is 2.49. The maximum atomic E-state index is 5.69. The molecule has 0 bridgehead atoms. The van der Waals surface area contributed by atoms with E-state index in [-0.39, 0.29) is 0 Å². The molecule has 1 aromatic carbocycles. The molecule has 0 amide bonds. The molecule has 3 heteroatoms. The fraction of sp³-hybridized carbons (Fsp3) is 0.438. The number of nitrogens with zero attached hydrogens (tertiary/aromatic N) is 1. The van der Waals surface area contributed by atoms with Crippen molar-refractivity contribution in [1.82, 2.24) is 10.3 Å². The Morgan fingerprint density at radius 2 is 2.11 bits per heavy atom. The van der Waals surface area contributed by atoms with Gasteiger partial charge in [0.1, 0.15) is 11.3 Å². The van der Waals surface area contributed by atoms with Crippen LogP contribution in [-0.4, -0.2) is 24.7 Å². The van der Waals surface area contributed by atoms with Crippen LogP contribution in [0.4, 0.5) is 0 Å². The van der Waals surface area contributed by atoms with E-state index in [9.17, 15) is 0 Å². The lowest BCUT2D eigenvalue weighted by atomic mass is 9.87. The Balaban J connectivity index is 2.07. The fourth-order valence-corrected chi connectivity index (χ4v) is 2.93. The summed E-state index contributed by atoms with van der Waals surface area (Å²) in [6.45, 7) is 4.91. The van der Waals surface area contributed by atoms with E-state index in [1.54, 1.807) is 0 Å². The molecule has 1 N–H and O–H groups in total. The Morgan fingerprint density at radius 1 is 1.26 bits per heavy atom. The molecule has 0 aliphatic carbocycles. The van der Waals surface area contributed by atoms with Crippen molar-refractivity contribution in [2.24, 2.45) is 0 Å². The molecule has 0 radical (unpaired) electrons. The quantitative estimate of drug-likeness (QED) is 0.916. The van der Waals surface area contributed by atoms with Crippen molar-refractivity contribution < 1.29 is 4.74 Å². The lowest BCUT2D eigenvalue weighted by Gasteiger charge is -2.24. The van der Waals surface area contributed by atoms with Gasteiger partial charge in [-0.25, -0.2) is 0 Å². The SMILES string of the molecule is CCOc1ccc(C2CCNCC2)c2cccnc12. The maximum Gasteiger partial charge on any atom is 0.145 e. The second kappa shape index (κ2) is 5.57. The van der Waals surface area contributed by atoms with Crippen molar-refractivity contribution in [3.8, 4) is 5.75 Å². The molecular formula is C16H20N2O. The van der Waals surface area contributed by atoms with Gasteiger partial charge in [0.25, 0.3) is 0 Å². The van der Waals surface area contributed by atoms with E-state index in [4.69, 9.17) is 4.74 Å². The molecule has 100 valence electrons. The standard InChI is InChI=1S/C16H20N2O/c1-2-19-15-6-5-13(12-7-10-17-11-8-12)14-4-3-9-18-16(14)15/h3-6,9,12,17H,2,7-8,10-11H2,1H3. The predicted molar refractivity (Wildman–Crippen MR) is 77.8 cm³/mol. The summed E-state index contributed by atoms with van der Waals surface area (Å²) < 4.78 is 5.69. The van der Waals surface area contributed by atoms with Gasteiger partial charge >= 0.3 is 0 Å². The first-order valence-electron chi connectivity index (χ1n) is 7.11. The Bertz CT molecular complexity index is 562. The minimum Gasteiger partial charge on any atom is -0.492 e. The normalized spacial score (nSPS) is 16.7. The highest BCUT2D eigenvalue weighted by atomic mass is 16.5. The van der Waals surface area contributed by atoms with Crippen molar-refractivity contribution in [3.05, 3.63) is 36.0 Å². The summed E-state index contributed by atoms with van der Waals surface area (Å²) in [4.78, 5) is 4.51. The van der Waals surface area contributed by atoms with Crippen LogP contribution in [0.1, 0.15) is 31.2 Å². The van der Waals surface area contributed by atoms with Crippen LogP contribution >= 0.6 is 0 Å². The number of hydrogen-bond acceptors (Lipinski definition) is 3. The molecule has 2 aromatic rings. The topological polar surface area (TPSA) is 34.1 Å². The summed E-state index contributed by atoms with van der Waals surface area (Å²) in [5.74, 6) is 1.54. The predicted octanol–water partition coefficient (Wildman–Crippen LogP) is 3.10. The Morgan fingerprint density at radius 3 is 2.89 bits per heavy atom.